The normalized spacial score (nSPS) is 15.0. The van der Waals surface area contributed by atoms with Crippen LogP contribution in [-0.2, 0) is 11.2 Å². The molecule has 18 heavy (non-hydrogen) atoms. The van der Waals surface area contributed by atoms with Crippen LogP contribution >= 0.6 is 0 Å². The zero-order valence-electron chi connectivity index (χ0n) is 11.3. The van der Waals surface area contributed by atoms with Crippen molar-refractivity contribution >= 4 is 6.34 Å². The molecule has 0 spiro atoms. The summed E-state index contributed by atoms with van der Waals surface area (Å²) in [4.78, 5) is 6.75. The summed E-state index contributed by atoms with van der Waals surface area (Å²) in [6.45, 7) is 6.76. The van der Waals surface area contributed by atoms with Crippen LogP contribution in [0.1, 0.15) is 11.4 Å². The van der Waals surface area contributed by atoms with Crippen LogP contribution in [0.5, 0.6) is 0 Å². The fraction of sp³-hybridized carbons (Fsp3) is 0.571. The number of hydrogen-bond donors (Lipinski definition) is 0. The van der Waals surface area contributed by atoms with E-state index in [-0.39, 0.29) is 0 Å². The summed E-state index contributed by atoms with van der Waals surface area (Å²) in [5, 5.41) is 0. The molecule has 4 nitrogen and oxygen atoms in total. The second-order valence-corrected chi connectivity index (χ2v) is 4.76. The highest BCUT2D eigenvalue weighted by molar-refractivity contribution is 5.50. The molecule has 0 aromatic carbocycles. The molecule has 2 heterocycles. The number of nitrogens with zero attached hydrogens (tertiary/aromatic N) is 3. The van der Waals surface area contributed by atoms with Gasteiger partial charge in [-0.05, 0) is 19.1 Å². The van der Waals surface area contributed by atoms with Gasteiger partial charge < -0.3 is 4.74 Å². The van der Waals surface area contributed by atoms with Crippen molar-refractivity contribution in [3.05, 3.63) is 29.6 Å². The van der Waals surface area contributed by atoms with Gasteiger partial charge in [0, 0.05) is 17.8 Å². The summed E-state index contributed by atoms with van der Waals surface area (Å²) in [5.74, 6) is 0. The quantitative estimate of drug-likeness (QED) is 0.554. The molecule has 0 amide bonds. The van der Waals surface area contributed by atoms with E-state index in [4.69, 9.17) is 4.74 Å². The minimum atomic E-state index is 0.750. The van der Waals surface area contributed by atoms with Crippen molar-refractivity contribution in [3.63, 3.8) is 0 Å². The average Bonchev–Trinajstić information content (AvgIpc) is 2.75. The van der Waals surface area contributed by atoms with Crippen LogP contribution in [0.4, 0.5) is 0 Å². The van der Waals surface area contributed by atoms with Crippen molar-refractivity contribution in [1.82, 2.24) is 9.88 Å². The van der Waals surface area contributed by atoms with Gasteiger partial charge in [-0.3, -0.25) is 14.5 Å². The van der Waals surface area contributed by atoms with Gasteiger partial charge in [0.15, 0.2) is 0 Å². The zero-order valence-corrected chi connectivity index (χ0v) is 11.3. The van der Waals surface area contributed by atoms with Crippen LogP contribution in [0.25, 0.3) is 0 Å². The molecule has 0 atom stereocenters. The van der Waals surface area contributed by atoms with Crippen LogP contribution in [0.3, 0.4) is 0 Å². The Morgan fingerprint density at radius 3 is 3.00 bits per heavy atom. The Labute approximate surface area is 109 Å². The molecule has 0 unspecified atom stereocenters. The van der Waals surface area contributed by atoms with E-state index < -0.39 is 0 Å². The molecule has 0 fully saturated rings. The van der Waals surface area contributed by atoms with E-state index in [1.807, 2.05) is 19.1 Å². The van der Waals surface area contributed by atoms with Crippen LogP contribution < -0.4 is 0 Å². The fourth-order valence-electron chi connectivity index (χ4n) is 2.05. The maximum absolute atomic E-state index is 5.65. The molecule has 1 aliphatic rings. The van der Waals surface area contributed by atoms with Crippen molar-refractivity contribution in [2.45, 2.75) is 13.3 Å². The molecule has 0 N–H and O–H groups in total. The van der Waals surface area contributed by atoms with E-state index in [0.29, 0.717) is 0 Å². The molecule has 1 aliphatic heterocycles. The van der Waals surface area contributed by atoms with Crippen molar-refractivity contribution in [1.29, 1.82) is 0 Å². The van der Waals surface area contributed by atoms with Gasteiger partial charge in [0.25, 0.3) is 0 Å². The van der Waals surface area contributed by atoms with Crippen LogP contribution in [-0.4, -0.2) is 60.7 Å². The predicted molar refractivity (Wildman–Crippen MR) is 72.2 cm³/mol. The van der Waals surface area contributed by atoms with E-state index >= 15 is 0 Å². The fourth-order valence-corrected chi connectivity index (χ4v) is 2.05. The SMILES string of the molecule is Cc1cccc(CCOCCN2C=[N+](C)CC2)n1. The summed E-state index contributed by atoms with van der Waals surface area (Å²) in [6.07, 6.45) is 3.05. The highest BCUT2D eigenvalue weighted by Gasteiger charge is 2.15. The smallest absolute Gasteiger partial charge is 0.234 e. The molecule has 4 heteroatoms. The topological polar surface area (TPSA) is 28.4 Å². The molecule has 1 aromatic heterocycles. The highest BCUT2D eigenvalue weighted by Crippen LogP contribution is 1.99. The average molecular weight is 248 g/mol. The Kier molecular flexibility index (Phi) is 4.70. The van der Waals surface area contributed by atoms with Gasteiger partial charge in [-0.2, -0.15) is 0 Å². The maximum atomic E-state index is 5.65. The Balaban J connectivity index is 1.59. The van der Waals surface area contributed by atoms with Gasteiger partial charge in [-0.25, -0.2) is 0 Å². The van der Waals surface area contributed by atoms with Crippen LogP contribution in [0.2, 0.25) is 0 Å². The predicted octanol–water partition coefficient (Wildman–Crippen LogP) is 0.935. The van der Waals surface area contributed by atoms with E-state index in [9.17, 15) is 0 Å². The van der Waals surface area contributed by atoms with Crippen molar-refractivity contribution in [3.8, 4) is 0 Å². The summed E-state index contributed by atoms with van der Waals surface area (Å²) >= 11 is 0. The lowest BCUT2D eigenvalue weighted by Crippen LogP contribution is -2.24. The largest absolute Gasteiger partial charge is 0.377 e. The van der Waals surface area contributed by atoms with Gasteiger partial charge in [0.05, 0.1) is 20.3 Å². The molecular weight excluding hydrogens is 226 g/mol. The minimum absolute atomic E-state index is 0.750. The molecule has 2 rings (SSSR count). The first kappa shape index (κ1) is 13.0. The summed E-state index contributed by atoms with van der Waals surface area (Å²) < 4.78 is 7.86. The minimum Gasteiger partial charge on any atom is -0.377 e. The van der Waals surface area contributed by atoms with Gasteiger partial charge in [0.2, 0.25) is 6.34 Å². The van der Waals surface area contributed by atoms with E-state index in [2.05, 4.69) is 33.9 Å². The third-order valence-corrected chi connectivity index (χ3v) is 3.07. The van der Waals surface area contributed by atoms with E-state index in [1.165, 1.54) is 0 Å². The second kappa shape index (κ2) is 6.50. The summed E-state index contributed by atoms with van der Waals surface area (Å²) in [7, 11) is 2.10. The lowest BCUT2D eigenvalue weighted by Gasteiger charge is -2.07. The van der Waals surface area contributed by atoms with Crippen molar-refractivity contribution in [2.75, 3.05) is 39.9 Å². The van der Waals surface area contributed by atoms with Crippen LogP contribution in [0.15, 0.2) is 18.2 Å². The van der Waals surface area contributed by atoms with Gasteiger partial charge >= 0.3 is 0 Å². The van der Waals surface area contributed by atoms with Crippen LogP contribution in [0, 0.1) is 6.92 Å². The number of rotatable bonds is 6. The Hall–Kier alpha value is -1.42. The Morgan fingerprint density at radius 1 is 1.39 bits per heavy atom. The van der Waals surface area contributed by atoms with E-state index in [1.54, 1.807) is 0 Å². The Morgan fingerprint density at radius 2 is 2.28 bits per heavy atom. The molecule has 0 bridgehead atoms. The first-order chi connectivity index (χ1) is 8.74. The first-order valence-electron chi connectivity index (χ1n) is 6.53. The standard InChI is InChI=1S/C14H22N3O/c1-13-4-3-5-14(15-13)6-10-18-11-9-17-8-7-16(2)12-17/h3-5,12H,6-11H2,1-2H3/q+1. The molecule has 0 saturated heterocycles. The molecule has 0 aliphatic carbocycles. The molecule has 0 radical (unpaired) electrons. The molecular formula is C14H22N3O+. The maximum Gasteiger partial charge on any atom is 0.234 e. The number of aromatic nitrogens is 1. The summed E-state index contributed by atoms with van der Waals surface area (Å²) in [6, 6.07) is 6.12. The lowest BCUT2D eigenvalue weighted by molar-refractivity contribution is -0.482. The molecule has 98 valence electrons. The highest BCUT2D eigenvalue weighted by atomic mass is 16.5. The zero-order chi connectivity index (χ0) is 12.8. The number of pyridine rings is 1. The monoisotopic (exact) mass is 248 g/mol. The third kappa shape index (κ3) is 4.11. The van der Waals surface area contributed by atoms with Gasteiger partial charge in [-0.15, -0.1) is 0 Å². The lowest BCUT2D eigenvalue weighted by atomic mass is 10.2. The number of likely N-dealkylation sites (N-methyl/N-ethyl adjacent to an activating group) is 1. The van der Waals surface area contributed by atoms with Crippen molar-refractivity contribution in [2.24, 2.45) is 0 Å². The Bertz CT molecular complexity index is 417. The van der Waals surface area contributed by atoms with Crippen molar-refractivity contribution < 1.29 is 9.31 Å². The molecule has 0 saturated carbocycles. The van der Waals surface area contributed by atoms with Gasteiger partial charge in [0.1, 0.15) is 19.6 Å². The second-order valence-electron chi connectivity index (χ2n) is 4.76. The molecule has 1 aromatic rings. The van der Waals surface area contributed by atoms with E-state index in [0.717, 1.165) is 50.7 Å². The van der Waals surface area contributed by atoms with Gasteiger partial charge in [-0.1, -0.05) is 6.07 Å². The number of hydrogen-bond acceptors (Lipinski definition) is 3. The number of aryl methyl sites for hydroxylation is 1. The number of ether oxygens (including phenoxy) is 1. The summed E-state index contributed by atoms with van der Waals surface area (Å²) in [5.41, 5.74) is 2.18. The third-order valence-electron chi connectivity index (χ3n) is 3.07. The first-order valence-corrected chi connectivity index (χ1v) is 6.53.